The molecule has 0 fully saturated rings. The number of carbonyl (C=O) groups excluding carboxylic acids is 2. The fourth-order valence-electron chi connectivity index (χ4n) is 2.96. The fourth-order valence-corrected chi connectivity index (χ4v) is 2.96. The Kier molecular flexibility index (Phi) is 1.93. The first-order chi connectivity index (χ1) is 9.24. The summed E-state index contributed by atoms with van der Waals surface area (Å²) in [5.41, 5.74) is 3.84. The summed E-state index contributed by atoms with van der Waals surface area (Å²) in [7, 11) is 0. The van der Waals surface area contributed by atoms with Gasteiger partial charge in [-0.05, 0) is 57.9 Å². The highest BCUT2D eigenvalue weighted by Crippen LogP contribution is 2.27. The topological polar surface area (TPSA) is 34.1 Å². The molecule has 1 aromatic carbocycles. The molecule has 0 radical (unpaired) electrons. The molecule has 0 bridgehead atoms. The van der Waals surface area contributed by atoms with E-state index in [2.05, 4.69) is 6.08 Å². The smallest absolute Gasteiger partial charge is 0.187 e. The molecule has 2 nitrogen and oxygen atoms in total. The molecule has 90 valence electrons. The van der Waals surface area contributed by atoms with Gasteiger partial charge in [0, 0.05) is 5.56 Å². The van der Waals surface area contributed by atoms with Crippen LogP contribution in [0.2, 0.25) is 0 Å². The van der Waals surface area contributed by atoms with Gasteiger partial charge in [-0.1, -0.05) is 24.3 Å². The minimum absolute atomic E-state index is 0.0258. The van der Waals surface area contributed by atoms with Crippen molar-refractivity contribution in [2.45, 2.75) is 6.42 Å². The molecule has 0 N–H and O–H groups in total. The molecular formula is C17H10O2. The number of rotatable bonds is 0. The van der Waals surface area contributed by atoms with Crippen LogP contribution in [0.25, 0.3) is 17.7 Å². The number of hydrogen-bond donors (Lipinski definition) is 0. The second-order valence-corrected chi connectivity index (χ2v) is 4.92. The number of ketones is 2. The third-order valence-corrected chi connectivity index (χ3v) is 3.82. The molecule has 0 amide bonds. The van der Waals surface area contributed by atoms with E-state index in [0.717, 1.165) is 33.6 Å². The van der Waals surface area contributed by atoms with E-state index < -0.39 is 0 Å². The Hall–Kier alpha value is -2.48. The number of hydrogen-bond acceptors (Lipinski definition) is 2. The minimum atomic E-state index is -0.0258. The van der Waals surface area contributed by atoms with Gasteiger partial charge in [0.05, 0.1) is 0 Å². The van der Waals surface area contributed by atoms with Crippen molar-refractivity contribution in [1.82, 2.24) is 0 Å². The van der Waals surface area contributed by atoms with Crippen LogP contribution in [0.15, 0.2) is 42.0 Å². The van der Waals surface area contributed by atoms with Gasteiger partial charge >= 0.3 is 0 Å². The highest BCUT2D eigenvalue weighted by atomic mass is 16.1. The van der Waals surface area contributed by atoms with Gasteiger partial charge < -0.3 is 0 Å². The van der Waals surface area contributed by atoms with Crippen molar-refractivity contribution in [3.05, 3.63) is 63.6 Å². The third kappa shape index (κ3) is 1.37. The Morgan fingerprint density at radius 2 is 1.84 bits per heavy atom. The molecular weight excluding hydrogens is 236 g/mol. The molecule has 1 aromatic rings. The zero-order valence-corrected chi connectivity index (χ0v) is 10.1. The average molecular weight is 246 g/mol. The molecule has 3 aliphatic rings. The van der Waals surface area contributed by atoms with Crippen LogP contribution in [0.5, 0.6) is 0 Å². The van der Waals surface area contributed by atoms with Crippen LogP contribution < -0.4 is 10.4 Å². The zero-order chi connectivity index (χ0) is 13.0. The van der Waals surface area contributed by atoms with Crippen LogP contribution in [0.3, 0.4) is 0 Å². The van der Waals surface area contributed by atoms with E-state index in [1.165, 1.54) is 11.6 Å². The minimum Gasteiger partial charge on any atom is -0.290 e. The lowest BCUT2D eigenvalue weighted by atomic mass is 9.87. The van der Waals surface area contributed by atoms with Gasteiger partial charge in [-0.25, -0.2) is 0 Å². The molecule has 0 saturated heterocycles. The van der Waals surface area contributed by atoms with Gasteiger partial charge in [0.2, 0.25) is 0 Å². The predicted molar refractivity (Wildman–Crippen MR) is 73.8 cm³/mol. The van der Waals surface area contributed by atoms with Crippen LogP contribution in [0.4, 0.5) is 0 Å². The van der Waals surface area contributed by atoms with Crippen molar-refractivity contribution in [3.63, 3.8) is 0 Å². The molecule has 2 heteroatoms. The van der Waals surface area contributed by atoms with Crippen LogP contribution in [0, 0.1) is 0 Å². The number of allylic oxidation sites excluding steroid dienone is 5. The van der Waals surface area contributed by atoms with E-state index in [1.807, 2.05) is 18.2 Å². The van der Waals surface area contributed by atoms with Crippen LogP contribution in [-0.2, 0) is 4.79 Å². The first-order valence-electron chi connectivity index (χ1n) is 6.27. The quantitative estimate of drug-likeness (QED) is 0.691. The highest BCUT2D eigenvalue weighted by molar-refractivity contribution is 6.19. The molecule has 4 rings (SSSR count). The highest BCUT2D eigenvalue weighted by Gasteiger charge is 2.22. The molecule has 0 spiro atoms. The normalized spacial score (nSPS) is 18.7. The van der Waals surface area contributed by atoms with E-state index in [4.69, 9.17) is 0 Å². The van der Waals surface area contributed by atoms with Crippen molar-refractivity contribution in [2.24, 2.45) is 0 Å². The summed E-state index contributed by atoms with van der Waals surface area (Å²) in [6.07, 6.45) is 11.5. The largest absolute Gasteiger partial charge is 0.290 e. The first-order valence-corrected chi connectivity index (χ1v) is 6.27. The van der Waals surface area contributed by atoms with Gasteiger partial charge in [-0.15, -0.1) is 0 Å². The summed E-state index contributed by atoms with van der Waals surface area (Å²) in [6.45, 7) is 0. The van der Waals surface area contributed by atoms with Crippen LogP contribution >= 0.6 is 0 Å². The van der Waals surface area contributed by atoms with Gasteiger partial charge in [-0.2, -0.15) is 0 Å². The Morgan fingerprint density at radius 1 is 0.947 bits per heavy atom. The summed E-state index contributed by atoms with van der Waals surface area (Å²) >= 11 is 0. The molecule has 3 aliphatic carbocycles. The maximum atomic E-state index is 12.3. The van der Waals surface area contributed by atoms with E-state index in [1.54, 1.807) is 18.2 Å². The molecule has 0 atom stereocenters. The first kappa shape index (κ1) is 10.4. The Labute approximate surface area is 109 Å². The Morgan fingerprint density at radius 3 is 2.74 bits per heavy atom. The van der Waals surface area contributed by atoms with E-state index in [-0.39, 0.29) is 11.6 Å². The molecule has 0 aliphatic heterocycles. The maximum Gasteiger partial charge on any atom is 0.187 e. The number of benzene rings is 1. The second-order valence-electron chi connectivity index (χ2n) is 4.92. The summed E-state index contributed by atoms with van der Waals surface area (Å²) in [4.78, 5) is 23.7. The van der Waals surface area contributed by atoms with E-state index in [9.17, 15) is 9.59 Å². The summed E-state index contributed by atoms with van der Waals surface area (Å²) < 4.78 is 0. The van der Waals surface area contributed by atoms with Crippen LogP contribution in [0.1, 0.15) is 22.3 Å². The van der Waals surface area contributed by atoms with Crippen molar-refractivity contribution in [2.75, 3.05) is 0 Å². The average Bonchev–Trinajstić information content (AvgIpc) is 2.86. The summed E-state index contributed by atoms with van der Waals surface area (Å²) in [5.74, 6) is 0.00618. The molecule has 0 aromatic heterocycles. The molecule has 19 heavy (non-hydrogen) atoms. The SMILES string of the molecule is O=C1C=Cc2c3c(ccc2=C1)=C1CC=CC1=CC3=O. The number of fused-ring (bicyclic) bond motifs is 4. The molecule has 0 heterocycles. The summed E-state index contributed by atoms with van der Waals surface area (Å²) in [5, 5.41) is 1.85. The van der Waals surface area contributed by atoms with Crippen molar-refractivity contribution in [1.29, 1.82) is 0 Å². The Balaban J connectivity index is 2.17. The number of carbonyl (C=O) groups is 2. The lowest BCUT2D eigenvalue weighted by molar-refractivity contribution is -0.109. The van der Waals surface area contributed by atoms with Crippen molar-refractivity contribution >= 4 is 29.3 Å². The lowest BCUT2D eigenvalue weighted by Crippen LogP contribution is -2.28. The molecule has 0 unspecified atom stereocenters. The van der Waals surface area contributed by atoms with E-state index >= 15 is 0 Å². The monoisotopic (exact) mass is 246 g/mol. The maximum absolute atomic E-state index is 12.3. The van der Waals surface area contributed by atoms with Gasteiger partial charge in [0.25, 0.3) is 0 Å². The predicted octanol–water partition coefficient (Wildman–Crippen LogP) is 1.30. The Bertz CT molecular complexity index is 861. The lowest BCUT2D eigenvalue weighted by Gasteiger charge is -2.15. The second kappa shape index (κ2) is 3.51. The van der Waals surface area contributed by atoms with Crippen LogP contribution in [-0.4, -0.2) is 11.6 Å². The standard InChI is InChI=1S/C17H10O2/c18-12-5-7-14-11(8-12)4-6-15-13-3-1-2-10(13)9-16(19)17(14)15/h1-2,4-9H,3H2. The van der Waals surface area contributed by atoms with Gasteiger partial charge in [0.15, 0.2) is 11.6 Å². The zero-order valence-electron chi connectivity index (χ0n) is 10.1. The third-order valence-electron chi connectivity index (χ3n) is 3.82. The van der Waals surface area contributed by atoms with Gasteiger partial charge in [0.1, 0.15) is 0 Å². The fraction of sp³-hybridized carbons (Fsp3) is 0.0588. The van der Waals surface area contributed by atoms with Crippen molar-refractivity contribution < 1.29 is 9.59 Å². The van der Waals surface area contributed by atoms with Gasteiger partial charge in [-0.3, -0.25) is 9.59 Å². The summed E-state index contributed by atoms with van der Waals surface area (Å²) in [6, 6.07) is 3.89. The molecule has 0 saturated carbocycles. The van der Waals surface area contributed by atoms with E-state index in [0.29, 0.717) is 0 Å². The van der Waals surface area contributed by atoms with Crippen molar-refractivity contribution in [3.8, 4) is 0 Å².